The molecule has 3 aliphatic rings. The zero-order valence-electron chi connectivity index (χ0n) is 26.1. The molecule has 2 saturated heterocycles. The van der Waals surface area contributed by atoms with Crippen molar-refractivity contribution in [2.24, 2.45) is 0 Å². The SMILES string of the molecule is C=CC(=O)N1C[C@H](C)N(c2nc(=O)n3c4c(c(-c5cccc6ccccc56)c(Cl)cc24)OC[C@@H]3CN2CCN(C)CC2)C[C@H]1C. The number of ether oxygens (including phenoxy) is 1. The molecule has 1 aromatic heterocycles. The molecule has 4 heterocycles. The minimum atomic E-state index is -0.295. The summed E-state index contributed by atoms with van der Waals surface area (Å²) in [7, 11) is 2.14. The molecule has 0 radical (unpaired) electrons. The van der Waals surface area contributed by atoms with Crippen molar-refractivity contribution in [3.8, 4) is 16.9 Å². The standard InChI is InChI=1S/C35H39ClN6O3/c1-5-30(43)40-18-23(3)41(19-22(40)2)34-28-17-29(36)31(27-12-8-10-24-9-6-7-11-26(24)27)33-32(28)42(35(44)37-34)25(21-45-33)20-39-15-13-38(4)14-16-39/h5-12,17,22-23,25H,1,13-16,18-21H2,2-4H3/t22-,23+,25+/m1/s1. The highest BCUT2D eigenvalue weighted by Crippen LogP contribution is 2.48. The maximum absolute atomic E-state index is 14.2. The van der Waals surface area contributed by atoms with Crippen LogP contribution >= 0.6 is 11.6 Å². The lowest BCUT2D eigenvalue weighted by Gasteiger charge is -2.45. The average molecular weight is 627 g/mol. The Bertz CT molecular complexity index is 1860. The fraction of sp³-hybridized carbons (Fsp3) is 0.400. The monoisotopic (exact) mass is 626 g/mol. The van der Waals surface area contributed by atoms with Gasteiger partial charge in [-0.05, 0) is 49.4 Å². The number of rotatable bonds is 5. The first-order valence-electron chi connectivity index (χ1n) is 15.8. The van der Waals surface area contributed by atoms with Crippen molar-refractivity contribution in [1.82, 2.24) is 24.3 Å². The number of hydrogen-bond acceptors (Lipinski definition) is 7. The molecule has 3 aliphatic heterocycles. The summed E-state index contributed by atoms with van der Waals surface area (Å²) in [5, 5.41) is 3.49. The molecule has 0 unspecified atom stereocenters. The van der Waals surface area contributed by atoms with Crippen molar-refractivity contribution in [1.29, 1.82) is 0 Å². The summed E-state index contributed by atoms with van der Waals surface area (Å²) in [5.74, 6) is 1.10. The number of aromatic nitrogens is 2. The Kier molecular flexibility index (Phi) is 7.79. The molecule has 9 nitrogen and oxygen atoms in total. The highest BCUT2D eigenvalue weighted by Gasteiger charge is 2.36. The summed E-state index contributed by atoms with van der Waals surface area (Å²) < 4.78 is 8.56. The van der Waals surface area contributed by atoms with Crippen LogP contribution in [0.15, 0.2) is 66.0 Å². The van der Waals surface area contributed by atoms with E-state index >= 15 is 0 Å². The highest BCUT2D eigenvalue weighted by molar-refractivity contribution is 6.35. The fourth-order valence-electron chi connectivity index (χ4n) is 7.28. The molecular formula is C35H39ClN6O3. The van der Waals surface area contributed by atoms with Gasteiger partial charge in [0.25, 0.3) is 0 Å². The van der Waals surface area contributed by atoms with Gasteiger partial charge in [0.15, 0.2) is 5.75 Å². The number of nitrogens with zero attached hydrogens (tertiary/aromatic N) is 6. The number of fused-ring (bicyclic) bond motifs is 1. The summed E-state index contributed by atoms with van der Waals surface area (Å²) in [5.41, 5.74) is 2.18. The van der Waals surface area contributed by atoms with Crippen molar-refractivity contribution in [3.63, 3.8) is 0 Å². The van der Waals surface area contributed by atoms with Crippen LogP contribution in [0.1, 0.15) is 19.9 Å². The van der Waals surface area contributed by atoms with Gasteiger partial charge in [-0.15, -0.1) is 0 Å². The number of piperazine rings is 2. The Morgan fingerprint density at radius 3 is 2.58 bits per heavy atom. The van der Waals surface area contributed by atoms with Gasteiger partial charge >= 0.3 is 5.69 Å². The Labute approximate surface area is 268 Å². The van der Waals surface area contributed by atoms with E-state index in [1.165, 1.54) is 6.08 Å². The lowest BCUT2D eigenvalue weighted by molar-refractivity contribution is -0.128. The number of benzene rings is 3. The van der Waals surface area contributed by atoms with Crippen LogP contribution in [-0.2, 0) is 4.79 Å². The van der Waals surface area contributed by atoms with Gasteiger partial charge in [0.1, 0.15) is 12.4 Å². The summed E-state index contributed by atoms with van der Waals surface area (Å²) in [6.07, 6.45) is 1.36. The van der Waals surface area contributed by atoms with Crippen molar-refractivity contribution >= 4 is 45.0 Å². The number of halogens is 1. The second-order valence-electron chi connectivity index (χ2n) is 12.7. The molecule has 0 saturated carbocycles. The largest absolute Gasteiger partial charge is 0.488 e. The Morgan fingerprint density at radius 2 is 1.80 bits per heavy atom. The number of hydrogen-bond donors (Lipinski definition) is 0. The second-order valence-corrected chi connectivity index (χ2v) is 13.1. The van der Waals surface area contributed by atoms with E-state index in [2.05, 4.69) is 59.5 Å². The number of likely N-dealkylation sites (N-methyl/N-ethyl adjacent to an activating group) is 1. The molecule has 0 spiro atoms. The van der Waals surface area contributed by atoms with E-state index in [0.29, 0.717) is 42.8 Å². The molecule has 234 valence electrons. The van der Waals surface area contributed by atoms with E-state index in [-0.39, 0.29) is 29.7 Å². The van der Waals surface area contributed by atoms with Gasteiger partial charge in [0, 0.05) is 68.8 Å². The minimum absolute atomic E-state index is 0.0824. The number of carbonyl (C=O) groups excluding carboxylic acids is 1. The van der Waals surface area contributed by atoms with Crippen molar-refractivity contribution in [2.75, 3.05) is 64.4 Å². The molecular weight excluding hydrogens is 588 g/mol. The maximum Gasteiger partial charge on any atom is 0.350 e. The normalized spacial score (nSPS) is 22.5. The molecule has 0 aliphatic carbocycles. The van der Waals surface area contributed by atoms with Gasteiger partial charge < -0.3 is 19.4 Å². The van der Waals surface area contributed by atoms with Crippen molar-refractivity contribution in [2.45, 2.75) is 32.0 Å². The van der Waals surface area contributed by atoms with Gasteiger partial charge in [0.05, 0.1) is 16.6 Å². The average Bonchev–Trinajstić information content (AvgIpc) is 3.04. The van der Waals surface area contributed by atoms with Gasteiger partial charge in [0.2, 0.25) is 5.91 Å². The molecule has 7 rings (SSSR count). The molecule has 10 heteroatoms. The van der Waals surface area contributed by atoms with Crippen LogP contribution in [-0.4, -0.2) is 102 Å². The quantitative estimate of drug-likeness (QED) is 0.298. The molecule has 0 bridgehead atoms. The molecule has 45 heavy (non-hydrogen) atoms. The molecule has 2 fully saturated rings. The third-order valence-corrected chi connectivity index (χ3v) is 10.0. The smallest absolute Gasteiger partial charge is 0.350 e. The molecule has 0 N–H and O–H groups in total. The van der Waals surface area contributed by atoms with Crippen LogP contribution in [0.5, 0.6) is 5.75 Å². The first-order valence-corrected chi connectivity index (χ1v) is 16.1. The second kappa shape index (κ2) is 11.8. The highest BCUT2D eigenvalue weighted by atomic mass is 35.5. The third-order valence-electron chi connectivity index (χ3n) is 9.72. The van der Waals surface area contributed by atoms with Crippen LogP contribution < -0.4 is 15.3 Å². The Balaban J connectivity index is 1.42. The maximum atomic E-state index is 14.2. The Morgan fingerprint density at radius 1 is 1.04 bits per heavy atom. The molecule has 3 atom stereocenters. The van der Waals surface area contributed by atoms with Gasteiger partial charge in [-0.25, -0.2) is 4.79 Å². The predicted octanol–water partition coefficient (Wildman–Crippen LogP) is 4.66. The third kappa shape index (κ3) is 5.16. The van der Waals surface area contributed by atoms with Crippen LogP contribution in [0.25, 0.3) is 32.8 Å². The van der Waals surface area contributed by atoms with Crippen LogP contribution in [0.2, 0.25) is 5.02 Å². The zero-order chi connectivity index (χ0) is 31.4. The lowest BCUT2D eigenvalue weighted by Crippen LogP contribution is -2.58. The number of amides is 1. The minimum Gasteiger partial charge on any atom is -0.488 e. The summed E-state index contributed by atoms with van der Waals surface area (Å²) in [6.45, 7) is 13.7. The van der Waals surface area contributed by atoms with Crippen LogP contribution in [0.3, 0.4) is 0 Å². The summed E-state index contributed by atoms with van der Waals surface area (Å²) >= 11 is 7.21. The van der Waals surface area contributed by atoms with E-state index in [4.69, 9.17) is 21.3 Å². The van der Waals surface area contributed by atoms with Gasteiger partial charge in [-0.3, -0.25) is 14.3 Å². The van der Waals surface area contributed by atoms with E-state index in [0.717, 1.165) is 59.0 Å². The van der Waals surface area contributed by atoms with E-state index in [1.807, 2.05) is 40.7 Å². The lowest BCUT2D eigenvalue weighted by atomic mass is 9.95. The van der Waals surface area contributed by atoms with Crippen molar-refractivity contribution in [3.05, 3.63) is 76.7 Å². The van der Waals surface area contributed by atoms with Crippen LogP contribution in [0, 0.1) is 0 Å². The van der Waals surface area contributed by atoms with E-state index in [1.54, 1.807) is 0 Å². The van der Waals surface area contributed by atoms with E-state index < -0.39 is 0 Å². The first-order chi connectivity index (χ1) is 21.7. The number of carbonyl (C=O) groups is 1. The van der Waals surface area contributed by atoms with Crippen LogP contribution in [0.4, 0.5) is 5.82 Å². The summed E-state index contributed by atoms with van der Waals surface area (Å²) in [6, 6.07) is 16.0. The predicted molar refractivity (Wildman–Crippen MR) is 181 cm³/mol. The first kappa shape index (κ1) is 29.8. The fourth-order valence-corrected chi connectivity index (χ4v) is 7.58. The zero-order valence-corrected chi connectivity index (χ0v) is 26.8. The van der Waals surface area contributed by atoms with Crippen molar-refractivity contribution < 1.29 is 9.53 Å². The number of anilines is 1. The van der Waals surface area contributed by atoms with Gasteiger partial charge in [-0.1, -0.05) is 60.6 Å². The Hall–Kier alpha value is -3.92. The molecule has 4 aromatic rings. The van der Waals surface area contributed by atoms with E-state index in [9.17, 15) is 9.59 Å². The molecule has 3 aromatic carbocycles. The summed E-state index contributed by atoms with van der Waals surface area (Å²) in [4.78, 5) is 40.2. The topological polar surface area (TPSA) is 74.1 Å². The molecule has 1 amide bonds. The van der Waals surface area contributed by atoms with Gasteiger partial charge in [-0.2, -0.15) is 4.98 Å².